The van der Waals surface area contributed by atoms with Crippen molar-refractivity contribution in [2.75, 3.05) is 24.7 Å². The van der Waals surface area contributed by atoms with Crippen LogP contribution in [0.25, 0.3) is 0 Å². The van der Waals surface area contributed by atoms with E-state index < -0.39 is 59.5 Å². The Morgan fingerprint density at radius 2 is 1.88 bits per heavy atom. The van der Waals surface area contributed by atoms with Gasteiger partial charge in [0.05, 0.1) is 24.2 Å². The van der Waals surface area contributed by atoms with E-state index in [2.05, 4.69) is 13.2 Å². The van der Waals surface area contributed by atoms with Crippen LogP contribution in [-0.4, -0.2) is 64.8 Å². The molecule has 2 unspecified atom stereocenters. The predicted octanol–water partition coefficient (Wildman–Crippen LogP) is 4.09. The van der Waals surface area contributed by atoms with Gasteiger partial charge in [0.1, 0.15) is 24.2 Å². The van der Waals surface area contributed by atoms with Crippen molar-refractivity contribution in [3.8, 4) is 0 Å². The maximum atomic E-state index is 14.7. The summed E-state index contributed by atoms with van der Waals surface area (Å²) in [5.74, 6) is -3.23. The van der Waals surface area contributed by atoms with Crippen molar-refractivity contribution in [2.45, 2.75) is 43.1 Å². The van der Waals surface area contributed by atoms with Gasteiger partial charge >= 0.3 is 5.97 Å². The first-order chi connectivity index (χ1) is 19.2. The number of rotatable bonds is 10. The van der Waals surface area contributed by atoms with Gasteiger partial charge in [-0.15, -0.1) is 6.58 Å². The van der Waals surface area contributed by atoms with Gasteiger partial charge in [-0.2, -0.15) is 0 Å². The molecule has 0 saturated carbocycles. The van der Waals surface area contributed by atoms with Gasteiger partial charge in [0, 0.05) is 17.3 Å². The Balaban J connectivity index is 1.65. The zero-order valence-electron chi connectivity index (χ0n) is 22.4. The summed E-state index contributed by atoms with van der Waals surface area (Å²) < 4.78 is 12.1. The van der Waals surface area contributed by atoms with Crippen molar-refractivity contribution in [3.63, 3.8) is 0 Å². The zero-order chi connectivity index (χ0) is 28.7. The van der Waals surface area contributed by atoms with Gasteiger partial charge in [-0.25, -0.2) is 0 Å². The van der Waals surface area contributed by atoms with Crippen molar-refractivity contribution >= 4 is 35.1 Å². The molecule has 2 amide bonds. The third-order valence-electron chi connectivity index (χ3n) is 8.45. The van der Waals surface area contributed by atoms with Crippen LogP contribution in [0.5, 0.6) is 0 Å². The SMILES string of the molecule is C=CCOC(=O)[C@@H]1[C@H]2C(=O)N([C@H](CO)c3ccccc3)C(C(=O)N(CC=C)c3ccc(Cl)cc3)C23CC[C@@]1(C)O3. The van der Waals surface area contributed by atoms with Crippen molar-refractivity contribution in [3.05, 3.63) is 90.5 Å². The van der Waals surface area contributed by atoms with Crippen LogP contribution in [-0.2, 0) is 23.9 Å². The molecule has 1 spiro atoms. The minimum absolute atomic E-state index is 0.00163. The van der Waals surface area contributed by atoms with Gasteiger partial charge in [0.2, 0.25) is 5.91 Å². The number of hydrogen-bond donors (Lipinski definition) is 1. The van der Waals surface area contributed by atoms with Crippen molar-refractivity contribution < 1.29 is 29.0 Å². The molecule has 1 N–H and O–H groups in total. The molecule has 5 rings (SSSR count). The molecule has 2 bridgehead atoms. The van der Waals surface area contributed by atoms with E-state index in [0.29, 0.717) is 29.1 Å². The number of aliphatic hydroxyl groups excluding tert-OH is 1. The number of fused-ring (bicyclic) bond motifs is 1. The van der Waals surface area contributed by atoms with Gasteiger partial charge in [0.15, 0.2) is 0 Å². The molecule has 6 atom stereocenters. The van der Waals surface area contributed by atoms with Crippen LogP contribution in [0.4, 0.5) is 5.69 Å². The topological polar surface area (TPSA) is 96.4 Å². The fourth-order valence-corrected chi connectivity index (χ4v) is 6.94. The number of ether oxygens (including phenoxy) is 2. The Bertz CT molecular complexity index is 1320. The number of anilines is 1. The summed E-state index contributed by atoms with van der Waals surface area (Å²) in [6.07, 6.45) is 3.94. The largest absolute Gasteiger partial charge is 0.461 e. The molecule has 3 saturated heterocycles. The minimum Gasteiger partial charge on any atom is -0.461 e. The first-order valence-electron chi connectivity index (χ1n) is 13.4. The Morgan fingerprint density at radius 3 is 2.50 bits per heavy atom. The average Bonchev–Trinajstić information content (AvgIpc) is 3.52. The van der Waals surface area contributed by atoms with E-state index in [4.69, 9.17) is 21.1 Å². The number of nitrogens with zero attached hydrogens (tertiary/aromatic N) is 2. The Morgan fingerprint density at radius 1 is 1.18 bits per heavy atom. The monoisotopic (exact) mass is 564 g/mol. The summed E-state index contributed by atoms with van der Waals surface area (Å²) in [6.45, 7) is 8.99. The molecule has 2 aromatic rings. The van der Waals surface area contributed by atoms with Gasteiger partial charge in [-0.3, -0.25) is 14.4 Å². The molecule has 3 heterocycles. The van der Waals surface area contributed by atoms with E-state index in [9.17, 15) is 19.5 Å². The van der Waals surface area contributed by atoms with Crippen molar-refractivity contribution in [1.82, 2.24) is 4.90 Å². The summed E-state index contributed by atoms with van der Waals surface area (Å²) in [6, 6.07) is 13.9. The van der Waals surface area contributed by atoms with Crippen molar-refractivity contribution in [2.24, 2.45) is 11.8 Å². The average molecular weight is 565 g/mol. The highest BCUT2D eigenvalue weighted by molar-refractivity contribution is 6.30. The molecule has 3 fully saturated rings. The zero-order valence-corrected chi connectivity index (χ0v) is 23.1. The van der Waals surface area contributed by atoms with Crippen molar-refractivity contribution in [1.29, 1.82) is 0 Å². The third-order valence-corrected chi connectivity index (χ3v) is 8.71. The van der Waals surface area contributed by atoms with E-state index in [1.165, 1.54) is 15.9 Å². The first-order valence-corrected chi connectivity index (χ1v) is 13.7. The minimum atomic E-state index is -1.28. The lowest BCUT2D eigenvalue weighted by Gasteiger charge is -2.39. The highest BCUT2D eigenvalue weighted by Gasteiger charge is 2.79. The number of amides is 2. The van der Waals surface area contributed by atoms with Gasteiger partial charge in [0.25, 0.3) is 5.91 Å². The summed E-state index contributed by atoms with van der Waals surface area (Å²) >= 11 is 6.12. The van der Waals surface area contributed by atoms with Crippen LogP contribution in [0.2, 0.25) is 5.02 Å². The lowest BCUT2D eigenvalue weighted by atomic mass is 9.66. The molecule has 210 valence electrons. The second-order valence-corrected chi connectivity index (χ2v) is 11.2. The van der Waals surface area contributed by atoms with Crippen LogP contribution < -0.4 is 4.90 Å². The smallest absolute Gasteiger partial charge is 0.313 e. The molecule has 3 aliphatic rings. The summed E-state index contributed by atoms with van der Waals surface area (Å²) in [7, 11) is 0. The number of carbonyl (C=O) groups is 3. The lowest BCUT2D eigenvalue weighted by molar-refractivity contribution is -0.159. The van der Waals surface area contributed by atoms with Crippen LogP contribution in [0.3, 0.4) is 0 Å². The van der Waals surface area contributed by atoms with Gasteiger partial charge in [-0.05, 0) is 49.6 Å². The van der Waals surface area contributed by atoms with Crippen LogP contribution in [0.1, 0.15) is 31.4 Å². The van der Waals surface area contributed by atoms with Crippen LogP contribution in [0, 0.1) is 11.8 Å². The fourth-order valence-electron chi connectivity index (χ4n) is 6.82. The molecule has 8 nitrogen and oxygen atoms in total. The number of aliphatic hydroxyl groups is 1. The summed E-state index contributed by atoms with van der Waals surface area (Å²) in [4.78, 5) is 45.5. The first kappa shape index (κ1) is 28.1. The Kier molecular flexibility index (Phi) is 7.61. The second-order valence-electron chi connectivity index (χ2n) is 10.7. The van der Waals surface area contributed by atoms with E-state index in [1.807, 2.05) is 18.2 Å². The number of halogens is 1. The maximum Gasteiger partial charge on any atom is 0.313 e. The molecule has 3 aliphatic heterocycles. The predicted molar refractivity (Wildman–Crippen MR) is 150 cm³/mol. The molecule has 40 heavy (non-hydrogen) atoms. The number of esters is 1. The van der Waals surface area contributed by atoms with Crippen LogP contribution in [0.15, 0.2) is 79.9 Å². The highest BCUT2D eigenvalue weighted by atomic mass is 35.5. The molecule has 0 aromatic heterocycles. The van der Waals surface area contributed by atoms with E-state index in [1.54, 1.807) is 49.4 Å². The second kappa shape index (κ2) is 10.8. The summed E-state index contributed by atoms with van der Waals surface area (Å²) in [5.41, 5.74) is -1.02. The maximum absolute atomic E-state index is 14.7. The summed E-state index contributed by atoms with van der Waals surface area (Å²) in [5, 5.41) is 11.1. The Hall–Kier alpha value is -3.46. The normalized spacial score (nSPS) is 29.1. The number of benzene rings is 2. The van der Waals surface area contributed by atoms with E-state index in [0.717, 1.165) is 0 Å². The number of likely N-dealkylation sites (tertiary alicyclic amines) is 1. The molecule has 9 heteroatoms. The standard InChI is InChI=1S/C31H33ClN2O6/c1-4-17-33(22-13-11-21(32)12-14-22)28(37)26-31-16-15-30(3,40-31)25(29(38)39-18-5-2)24(31)27(36)34(26)23(19-35)20-9-7-6-8-10-20/h4-14,23-26,35H,1-2,15-19H2,3H3/t23-,24+,25+,26?,30-,31?/m1/s1. The van der Waals surface area contributed by atoms with Crippen LogP contribution >= 0.6 is 11.6 Å². The van der Waals surface area contributed by atoms with Gasteiger partial charge < -0.3 is 24.4 Å². The quantitative estimate of drug-likeness (QED) is 0.345. The van der Waals surface area contributed by atoms with E-state index in [-0.39, 0.29) is 13.2 Å². The molecule has 0 aliphatic carbocycles. The molecular formula is C31H33ClN2O6. The molecule has 2 aromatic carbocycles. The molecular weight excluding hydrogens is 532 g/mol. The lowest BCUT2D eigenvalue weighted by Crippen LogP contribution is -2.57. The fraction of sp³-hybridized carbons (Fsp3) is 0.387. The highest BCUT2D eigenvalue weighted by Crippen LogP contribution is 2.64. The number of hydrogen-bond acceptors (Lipinski definition) is 6. The third kappa shape index (κ3) is 4.35. The Labute approximate surface area is 238 Å². The van der Waals surface area contributed by atoms with Gasteiger partial charge in [-0.1, -0.05) is 60.7 Å². The molecule has 0 radical (unpaired) electrons. The van der Waals surface area contributed by atoms with E-state index >= 15 is 0 Å². The number of carbonyl (C=O) groups excluding carboxylic acids is 3.